The van der Waals surface area contributed by atoms with Crippen molar-refractivity contribution in [3.8, 4) is 0 Å². The molecule has 1 aromatic heterocycles. The van der Waals surface area contributed by atoms with Gasteiger partial charge in [-0.3, -0.25) is 0 Å². The monoisotopic (exact) mass is 184 g/mol. The third kappa shape index (κ3) is 2.82. The Kier molecular flexibility index (Phi) is 3.06. The maximum Gasteiger partial charge on any atom is 0.180 e. The first-order chi connectivity index (χ1) is 6.02. The quantitative estimate of drug-likeness (QED) is 0.730. The van der Waals surface area contributed by atoms with Crippen LogP contribution in [0.25, 0.3) is 0 Å². The number of hydrogen-bond acceptors (Lipinski definition) is 4. The van der Waals surface area contributed by atoms with E-state index in [0.29, 0.717) is 6.54 Å². The lowest BCUT2D eigenvalue weighted by molar-refractivity contribution is 0.0942. The topological polar surface area (TPSA) is 58.3 Å². The number of nitrogens with one attached hydrogen (secondary N) is 1. The maximum absolute atomic E-state index is 9.40. The van der Waals surface area contributed by atoms with Crippen molar-refractivity contribution < 1.29 is 9.52 Å². The van der Waals surface area contributed by atoms with Gasteiger partial charge in [0.2, 0.25) is 0 Å². The molecule has 0 saturated heterocycles. The summed E-state index contributed by atoms with van der Waals surface area (Å²) in [7, 11) is 0. The molecule has 0 aromatic carbocycles. The fraction of sp³-hybridized carbons (Fsp3) is 0.667. The molecule has 0 amide bonds. The summed E-state index contributed by atoms with van der Waals surface area (Å²) >= 11 is 0. The van der Waals surface area contributed by atoms with E-state index in [-0.39, 0.29) is 5.54 Å². The Balaban J connectivity index is 2.42. The van der Waals surface area contributed by atoms with Crippen LogP contribution in [0.4, 0.5) is 0 Å². The number of hydrogen-bond donors (Lipinski definition) is 2. The highest BCUT2D eigenvalue weighted by atomic mass is 16.3. The third-order valence-corrected chi connectivity index (χ3v) is 2.25. The Morgan fingerprint density at radius 2 is 2.38 bits per heavy atom. The molecule has 13 heavy (non-hydrogen) atoms. The smallest absolute Gasteiger partial charge is 0.180 e. The van der Waals surface area contributed by atoms with Crippen molar-refractivity contribution in [1.29, 1.82) is 0 Å². The van der Waals surface area contributed by atoms with Gasteiger partial charge in [0.05, 0.1) is 18.8 Å². The normalized spacial score (nSPS) is 14.5. The van der Waals surface area contributed by atoms with Crippen LogP contribution in [-0.4, -0.2) is 21.7 Å². The molecule has 4 nitrogen and oxygen atoms in total. The standard InChI is InChI=1S/C9H16N2O2/c1-7(12)9(2,3)11-5-8-4-10-6-13-8/h4,6-7,11-12H,5H2,1-3H3. The van der Waals surface area contributed by atoms with Gasteiger partial charge in [-0.05, 0) is 20.8 Å². The number of aromatic nitrogens is 1. The second-order valence-corrected chi connectivity index (χ2v) is 3.72. The van der Waals surface area contributed by atoms with Crippen LogP contribution in [0, 0.1) is 0 Å². The summed E-state index contributed by atoms with van der Waals surface area (Å²) in [5, 5.41) is 12.6. The van der Waals surface area contributed by atoms with Crippen LogP contribution in [0.2, 0.25) is 0 Å². The molecule has 1 rings (SSSR count). The van der Waals surface area contributed by atoms with E-state index < -0.39 is 6.10 Å². The van der Waals surface area contributed by atoms with E-state index in [1.165, 1.54) is 6.39 Å². The van der Waals surface area contributed by atoms with Gasteiger partial charge in [-0.2, -0.15) is 0 Å². The molecule has 74 valence electrons. The van der Waals surface area contributed by atoms with Crippen LogP contribution in [0.3, 0.4) is 0 Å². The molecule has 0 fully saturated rings. The molecule has 4 heteroatoms. The molecule has 1 aromatic rings. The number of nitrogens with zero attached hydrogens (tertiary/aromatic N) is 1. The molecule has 0 aliphatic rings. The lowest BCUT2D eigenvalue weighted by Gasteiger charge is -2.28. The van der Waals surface area contributed by atoms with Crippen molar-refractivity contribution in [2.45, 2.75) is 39.0 Å². The second kappa shape index (κ2) is 3.89. The largest absolute Gasteiger partial charge is 0.447 e. The molecular formula is C9H16N2O2. The minimum absolute atomic E-state index is 0.313. The summed E-state index contributed by atoms with van der Waals surface area (Å²) in [6.07, 6.45) is 2.65. The van der Waals surface area contributed by atoms with Gasteiger partial charge in [-0.1, -0.05) is 0 Å². The van der Waals surface area contributed by atoms with E-state index in [9.17, 15) is 5.11 Å². The summed E-state index contributed by atoms with van der Waals surface area (Å²) < 4.78 is 5.05. The Morgan fingerprint density at radius 1 is 1.69 bits per heavy atom. The predicted octanol–water partition coefficient (Wildman–Crippen LogP) is 0.924. The van der Waals surface area contributed by atoms with Crippen LogP contribution in [-0.2, 0) is 6.54 Å². The van der Waals surface area contributed by atoms with E-state index in [1.54, 1.807) is 13.1 Å². The van der Waals surface area contributed by atoms with Crippen molar-refractivity contribution in [2.24, 2.45) is 0 Å². The molecule has 1 unspecified atom stereocenters. The molecule has 1 heterocycles. The van der Waals surface area contributed by atoms with Gasteiger partial charge in [-0.25, -0.2) is 4.98 Å². The Labute approximate surface area is 78.0 Å². The molecule has 0 aliphatic carbocycles. The van der Waals surface area contributed by atoms with Gasteiger partial charge in [0, 0.05) is 5.54 Å². The maximum atomic E-state index is 9.40. The molecule has 0 aliphatic heterocycles. The zero-order chi connectivity index (χ0) is 9.90. The third-order valence-electron chi connectivity index (χ3n) is 2.25. The SMILES string of the molecule is CC(O)C(C)(C)NCc1cnco1. The van der Waals surface area contributed by atoms with Crippen molar-refractivity contribution in [3.05, 3.63) is 18.4 Å². The Morgan fingerprint density at radius 3 is 2.85 bits per heavy atom. The fourth-order valence-electron chi connectivity index (χ4n) is 0.792. The van der Waals surface area contributed by atoms with Gasteiger partial charge >= 0.3 is 0 Å². The molecule has 0 bridgehead atoms. The van der Waals surface area contributed by atoms with E-state index in [4.69, 9.17) is 4.42 Å². The zero-order valence-corrected chi connectivity index (χ0v) is 8.24. The fourth-order valence-corrected chi connectivity index (χ4v) is 0.792. The summed E-state index contributed by atoms with van der Waals surface area (Å²) in [5.41, 5.74) is -0.313. The highest BCUT2D eigenvalue weighted by Crippen LogP contribution is 2.09. The van der Waals surface area contributed by atoms with Crippen LogP contribution >= 0.6 is 0 Å². The van der Waals surface area contributed by atoms with Crippen molar-refractivity contribution in [2.75, 3.05) is 0 Å². The molecule has 1 atom stereocenters. The van der Waals surface area contributed by atoms with Crippen LogP contribution in [0.15, 0.2) is 17.0 Å². The number of oxazole rings is 1. The predicted molar refractivity (Wildman–Crippen MR) is 49.1 cm³/mol. The first-order valence-electron chi connectivity index (χ1n) is 4.33. The molecule has 0 saturated carbocycles. The summed E-state index contributed by atoms with van der Waals surface area (Å²) in [4.78, 5) is 3.80. The first-order valence-corrected chi connectivity index (χ1v) is 4.33. The second-order valence-electron chi connectivity index (χ2n) is 3.72. The molecular weight excluding hydrogens is 168 g/mol. The molecule has 0 radical (unpaired) electrons. The number of aliphatic hydroxyl groups excluding tert-OH is 1. The first kappa shape index (κ1) is 10.2. The van der Waals surface area contributed by atoms with Crippen molar-refractivity contribution >= 4 is 0 Å². The highest BCUT2D eigenvalue weighted by Gasteiger charge is 2.23. The molecule has 0 spiro atoms. The minimum Gasteiger partial charge on any atom is -0.447 e. The van der Waals surface area contributed by atoms with Crippen molar-refractivity contribution in [3.63, 3.8) is 0 Å². The summed E-state index contributed by atoms with van der Waals surface area (Å²) in [5.74, 6) is 0.772. The van der Waals surface area contributed by atoms with Gasteiger partial charge < -0.3 is 14.8 Å². The van der Waals surface area contributed by atoms with Crippen LogP contribution < -0.4 is 5.32 Å². The van der Waals surface area contributed by atoms with Gasteiger partial charge in [0.25, 0.3) is 0 Å². The Bertz CT molecular complexity index is 242. The summed E-state index contributed by atoms with van der Waals surface area (Å²) in [6, 6.07) is 0. The average molecular weight is 184 g/mol. The molecule has 2 N–H and O–H groups in total. The zero-order valence-electron chi connectivity index (χ0n) is 8.24. The number of rotatable bonds is 4. The van der Waals surface area contributed by atoms with Crippen LogP contribution in [0.1, 0.15) is 26.5 Å². The van der Waals surface area contributed by atoms with Gasteiger partial charge in [-0.15, -0.1) is 0 Å². The number of aliphatic hydroxyl groups is 1. The average Bonchev–Trinajstić information content (AvgIpc) is 2.52. The van der Waals surface area contributed by atoms with Gasteiger partial charge in [0.1, 0.15) is 5.76 Å². The van der Waals surface area contributed by atoms with E-state index in [0.717, 1.165) is 5.76 Å². The highest BCUT2D eigenvalue weighted by molar-refractivity contribution is 4.91. The van der Waals surface area contributed by atoms with E-state index in [2.05, 4.69) is 10.3 Å². The lowest BCUT2D eigenvalue weighted by Crippen LogP contribution is -2.47. The summed E-state index contributed by atoms with van der Waals surface area (Å²) in [6.45, 7) is 6.22. The Hall–Kier alpha value is -0.870. The van der Waals surface area contributed by atoms with Crippen LogP contribution in [0.5, 0.6) is 0 Å². The van der Waals surface area contributed by atoms with E-state index in [1.807, 2.05) is 13.8 Å². The van der Waals surface area contributed by atoms with Crippen molar-refractivity contribution in [1.82, 2.24) is 10.3 Å². The minimum atomic E-state index is -0.407. The van der Waals surface area contributed by atoms with E-state index >= 15 is 0 Å². The van der Waals surface area contributed by atoms with Gasteiger partial charge in [0.15, 0.2) is 6.39 Å². The lowest BCUT2D eigenvalue weighted by atomic mass is 9.99.